The Morgan fingerprint density at radius 3 is 2.59 bits per heavy atom. The summed E-state index contributed by atoms with van der Waals surface area (Å²) in [7, 11) is 1.57. The molecule has 0 aliphatic carbocycles. The van der Waals surface area contributed by atoms with Gasteiger partial charge in [-0.1, -0.05) is 12.1 Å². The van der Waals surface area contributed by atoms with E-state index in [1.54, 1.807) is 38.3 Å². The Morgan fingerprint density at radius 2 is 1.90 bits per heavy atom. The van der Waals surface area contributed by atoms with Gasteiger partial charge >= 0.3 is 5.97 Å². The lowest BCUT2D eigenvalue weighted by atomic mass is 10.2. The lowest BCUT2D eigenvalue weighted by Gasteiger charge is -2.09. The van der Waals surface area contributed by atoms with E-state index in [0.717, 1.165) is 23.4 Å². The number of carbonyl (C=O) groups excluding carboxylic acids is 2. The fraction of sp³-hybridized carbons (Fsp3) is 0.318. The van der Waals surface area contributed by atoms with E-state index >= 15 is 0 Å². The van der Waals surface area contributed by atoms with Gasteiger partial charge in [0.1, 0.15) is 5.75 Å². The van der Waals surface area contributed by atoms with Crippen LogP contribution in [0.25, 0.3) is 11.0 Å². The molecule has 29 heavy (non-hydrogen) atoms. The first-order valence-corrected chi connectivity index (χ1v) is 9.62. The summed E-state index contributed by atoms with van der Waals surface area (Å²) in [5, 5.41) is 2.90. The average molecular weight is 396 g/mol. The monoisotopic (exact) mass is 396 g/mol. The zero-order valence-corrected chi connectivity index (χ0v) is 17.2. The zero-order valence-electron chi connectivity index (χ0n) is 17.2. The largest absolute Gasteiger partial charge is 0.495 e. The van der Waals surface area contributed by atoms with Gasteiger partial charge in [-0.25, -0.2) is 13.9 Å². The number of nitrogens with zero attached hydrogens (tertiary/aromatic N) is 2. The molecule has 1 aromatic heterocycles. The molecule has 0 saturated heterocycles. The third-order valence-electron chi connectivity index (χ3n) is 4.85. The van der Waals surface area contributed by atoms with Crippen molar-refractivity contribution in [3.8, 4) is 5.75 Å². The van der Waals surface area contributed by atoms with Gasteiger partial charge in [0.15, 0.2) is 17.6 Å². The number of anilines is 1. The number of methoxy groups -OCH3 is 1. The first-order valence-electron chi connectivity index (χ1n) is 9.62. The van der Waals surface area contributed by atoms with E-state index in [-0.39, 0.29) is 18.4 Å². The van der Waals surface area contributed by atoms with Crippen molar-refractivity contribution in [1.82, 2.24) is 4.57 Å². The maximum atomic E-state index is 12.8. The molecule has 0 bridgehead atoms. The van der Waals surface area contributed by atoms with E-state index in [1.807, 2.05) is 36.6 Å². The Labute approximate surface area is 169 Å². The van der Waals surface area contributed by atoms with E-state index in [1.165, 1.54) is 0 Å². The summed E-state index contributed by atoms with van der Waals surface area (Å²) < 4.78 is 14.4. The molecule has 0 atom stereocenters. The molecule has 0 unspecified atom stereocenters. The smallest absolute Gasteiger partial charge is 0.338 e. The van der Waals surface area contributed by atoms with Crippen molar-refractivity contribution in [1.29, 1.82) is 0 Å². The van der Waals surface area contributed by atoms with Crippen molar-refractivity contribution in [2.24, 2.45) is 0 Å². The van der Waals surface area contributed by atoms with Gasteiger partial charge in [-0.15, -0.1) is 0 Å². The predicted octanol–water partition coefficient (Wildman–Crippen LogP) is 3.08. The normalized spacial score (nSPS) is 10.8. The number of benzene rings is 2. The molecule has 1 N–H and O–H groups in total. The van der Waals surface area contributed by atoms with Gasteiger partial charge in [-0.2, -0.15) is 0 Å². The van der Waals surface area contributed by atoms with Crippen molar-refractivity contribution >= 4 is 28.6 Å². The van der Waals surface area contributed by atoms with Crippen LogP contribution in [0.15, 0.2) is 42.5 Å². The lowest BCUT2D eigenvalue weighted by Crippen LogP contribution is -2.35. The SMILES string of the molecule is CCOC(=O)c1ccc2c(c1)n(CC(=O)Nc1ccccc1OC)c(C)[n+]2CC. The van der Waals surface area contributed by atoms with E-state index in [4.69, 9.17) is 9.47 Å². The molecule has 0 aliphatic heterocycles. The first-order chi connectivity index (χ1) is 14.0. The van der Waals surface area contributed by atoms with Crippen LogP contribution >= 0.6 is 0 Å². The summed E-state index contributed by atoms with van der Waals surface area (Å²) in [5.74, 6) is 0.974. The fourth-order valence-electron chi connectivity index (χ4n) is 3.48. The molecule has 1 amide bonds. The molecule has 3 rings (SSSR count). The Morgan fingerprint density at radius 1 is 1.14 bits per heavy atom. The summed E-state index contributed by atoms with van der Waals surface area (Å²) >= 11 is 0. The molecule has 1 heterocycles. The highest BCUT2D eigenvalue weighted by atomic mass is 16.5. The Balaban J connectivity index is 1.96. The van der Waals surface area contributed by atoms with Gasteiger partial charge in [0.25, 0.3) is 11.7 Å². The molecule has 2 aromatic carbocycles. The second kappa shape index (κ2) is 8.77. The minimum Gasteiger partial charge on any atom is -0.495 e. The van der Waals surface area contributed by atoms with Gasteiger partial charge in [0, 0.05) is 13.0 Å². The van der Waals surface area contributed by atoms with E-state index in [0.29, 0.717) is 23.6 Å². The van der Waals surface area contributed by atoms with Crippen LogP contribution in [0.5, 0.6) is 5.75 Å². The third kappa shape index (κ3) is 4.08. The second-order valence-electron chi connectivity index (χ2n) is 6.55. The Hall–Kier alpha value is -3.35. The minimum absolute atomic E-state index is 0.111. The number of fused-ring (bicyclic) bond motifs is 1. The highest BCUT2D eigenvalue weighted by molar-refractivity contribution is 5.95. The van der Waals surface area contributed by atoms with Crippen molar-refractivity contribution in [3.63, 3.8) is 0 Å². The Kier molecular flexibility index (Phi) is 6.16. The molecule has 0 fully saturated rings. The van der Waals surface area contributed by atoms with Gasteiger partial charge in [-0.05, 0) is 38.1 Å². The molecular formula is C22H26N3O4+. The van der Waals surface area contributed by atoms with Gasteiger partial charge in [-0.3, -0.25) is 4.79 Å². The van der Waals surface area contributed by atoms with Crippen LogP contribution in [0.3, 0.4) is 0 Å². The summed E-state index contributed by atoms with van der Waals surface area (Å²) in [6, 6.07) is 12.7. The maximum Gasteiger partial charge on any atom is 0.338 e. The van der Waals surface area contributed by atoms with Crippen LogP contribution in [0.1, 0.15) is 30.0 Å². The number of amides is 1. The molecule has 0 radical (unpaired) electrons. The van der Waals surface area contributed by atoms with Gasteiger partial charge in [0.2, 0.25) is 0 Å². The predicted molar refractivity (Wildman–Crippen MR) is 110 cm³/mol. The Bertz CT molecular complexity index is 1060. The number of aromatic nitrogens is 2. The highest BCUT2D eigenvalue weighted by Gasteiger charge is 2.24. The third-order valence-corrected chi connectivity index (χ3v) is 4.85. The molecule has 7 heteroatoms. The number of hydrogen-bond donors (Lipinski definition) is 1. The fourth-order valence-corrected chi connectivity index (χ4v) is 3.48. The molecule has 0 aliphatic rings. The number of nitrogens with one attached hydrogen (secondary N) is 1. The number of aryl methyl sites for hydroxylation is 1. The summed E-state index contributed by atoms with van der Waals surface area (Å²) in [5.41, 5.74) is 2.85. The molecule has 0 spiro atoms. The number of esters is 1. The van der Waals surface area contributed by atoms with Crippen LogP contribution in [0.4, 0.5) is 5.69 Å². The molecule has 0 saturated carbocycles. The first kappa shape index (κ1) is 20.4. The number of imidazole rings is 1. The van der Waals surface area contributed by atoms with Crippen molar-refractivity contribution < 1.29 is 23.6 Å². The summed E-state index contributed by atoms with van der Waals surface area (Å²) in [4.78, 5) is 24.9. The average Bonchev–Trinajstić information content (AvgIpc) is 2.98. The standard InChI is InChI=1S/C22H25N3O4/c1-5-24-15(3)25(14-21(26)23-17-9-7-8-10-20(17)28-4)19-13-16(11-12-18(19)24)22(27)29-6-2/h7-13H,5-6,14H2,1-4H3/p+1. The van der Waals surface area contributed by atoms with Crippen molar-refractivity contribution in [2.75, 3.05) is 19.0 Å². The summed E-state index contributed by atoms with van der Waals surface area (Å²) in [6.07, 6.45) is 0. The number of rotatable bonds is 7. The van der Waals surface area contributed by atoms with Crippen molar-refractivity contribution in [3.05, 3.63) is 53.9 Å². The summed E-state index contributed by atoms with van der Waals surface area (Å²) in [6.45, 7) is 6.96. The van der Waals surface area contributed by atoms with E-state index in [2.05, 4.69) is 9.88 Å². The number of carbonyl (C=O) groups is 2. The van der Waals surface area contributed by atoms with Crippen LogP contribution < -0.4 is 14.6 Å². The second-order valence-corrected chi connectivity index (χ2v) is 6.55. The van der Waals surface area contributed by atoms with Crippen LogP contribution in [-0.4, -0.2) is 30.2 Å². The van der Waals surface area contributed by atoms with E-state index in [9.17, 15) is 9.59 Å². The van der Waals surface area contributed by atoms with Crippen LogP contribution in [0.2, 0.25) is 0 Å². The minimum atomic E-state index is -0.374. The van der Waals surface area contributed by atoms with Crippen LogP contribution in [-0.2, 0) is 22.6 Å². The van der Waals surface area contributed by atoms with Gasteiger partial charge < -0.3 is 14.8 Å². The zero-order chi connectivity index (χ0) is 21.0. The lowest BCUT2D eigenvalue weighted by molar-refractivity contribution is -0.674. The topological polar surface area (TPSA) is 73.4 Å². The van der Waals surface area contributed by atoms with Crippen molar-refractivity contribution in [2.45, 2.75) is 33.9 Å². The number of para-hydroxylation sites is 2. The molecular weight excluding hydrogens is 370 g/mol. The number of hydrogen-bond acceptors (Lipinski definition) is 4. The van der Waals surface area contributed by atoms with E-state index < -0.39 is 0 Å². The quantitative estimate of drug-likeness (QED) is 0.492. The van der Waals surface area contributed by atoms with Crippen LogP contribution in [0, 0.1) is 6.92 Å². The highest BCUT2D eigenvalue weighted by Crippen LogP contribution is 2.23. The molecule has 152 valence electrons. The maximum absolute atomic E-state index is 12.8. The number of ether oxygens (including phenoxy) is 2. The molecule has 3 aromatic rings. The van der Waals surface area contributed by atoms with Gasteiger partial charge in [0.05, 0.1) is 31.5 Å². The molecule has 7 nitrogen and oxygen atoms in total.